The molecule has 3 rings (SSSR count). The second kappa shape index (κ2) is 12.8. The summed E-state index contributed by atoms with van der Waals surface area (Å²) in [5.74, 6) is -1.19. The van der Waals surface area contributed by atoms with Gasteiger partial charge in [-0.2, -0.15) is 13.2 Å². The zero-order valence-electron chi connectivity index (χ0n) is 23.2. The van der Waals surface area contributed by atoms with E-state index in [4.69, 9.17) is 27.9 Å². The maximum absolute atomic E-state index is 14.1. The number of hydrogen-bond donors (Lipinski definition) is 1. The van der Waals surface area contributed by atoms with Gasteiger partial charge in [0.1, 0.15) is 5.60 Å². The van der Waals surface area contributed by atoms with Gasteiger partial charge in [-0.15, -0.1) is 0 Å². The van der Waals surface area contributed by atoms with Crippen LogP contribution in [-0.4, -0.2) is 49.8 Å². The van der Waals surface area contributed by atoms with Crippen molar-refractivity contribution in [1.29, 1.82) is 0 Å². The van der Waals surface area contributed by atoms with Gasteiger partial charge >= 0.3 is 12.3 Å². The minimum Gasteiger partial charge on any atom is -0.444 e. The van der Waals surface area contributed by atoms with Gasteiger partial charge < -0.3 is 15.0 Å². The minimum absolute atomic E-state index is 0.0215. The maximum Gasteiger partial charge on any atom is 0.416 e. The van der Waals surface area contributed by atoms with Gasteiger partial charge in [-0.1, -0.05) is 30.1 Å². The van der Waals surface area contributed by atoms with E-state index in [1.165, 1.54) is 31.2 Å². The van der Waals surface area contributed by atoms with E-state index in [0.717, 1.165) is 6.07 Å². The van der Waals surface area contributed by atoms with E-state index in [9.17, 15) is 31.2 Å². The van der Waals surface area contributed by atoms with Crippen LogP contribution in [0, 0.1) is 5.92 Å². The average molecular weight is 638 g/mol. The Bertz CT molecular complexity index is 1400. The van der Waals surface area contributed by atoms with Gasteiger partial charge in [0.2, 0.25) is 0 Å². The smallest absolute Gasteiger partial charge is 0.416 e. The number of amides is 2. The normalized spacial score (nSPS) is 15.1. The van der Waals surface area contributed by atoms with Crippen LogP contribution in [0.4, 0.5) is 18.0 Å². The Hall–Kier alpha value is -2.50. The second-order valence-electron chi connectivity index (χ2n) is 10.9. The standard InChI is InChI=1S/C28H33Cl2F3N2O5S/c1-5-41(38,39)24-7-6-20(29)13-19(24)16-34-25(36)18-14-22(28(31,32)33)21(23(30)15-18)12-17-8-10-35(11-9-17)26(37)40-27(2,3)4/h6-7,13-15,17H,5,8-12,16H2,1-4H3,(H,34,36). The minimum atomic E-state index is -4.78. The lowest BCUT2D eigenvalue weighted by atomic mass is 9.87. The number of rotatable bonds is 7. The number of sulfone groups is 1. The molecule has 0 aliphatic carbocycles. The monoisotopic (exact) mass is 636 g/mol. The van der Waals surface area contributed by atoms with Crippen LogP contribution in [0.2, 0.25) is 10.0 Å². The van der Waals surface area contributed by atoms with Gasteiger partial charge in [0.25, 0.3) is 5.91 Å². The zero-order valence-corrected chi connectivity index (χ0v) is 25.5. The summed E-state index contributed by atoms with van der Waals surface area (Å²) in [6.07, 6.45) is -4.27. The Morgan fingerprint density at radius 3 is 2.27 bits per heavy atom. The molecule has 0 saturated carbocycles. The van der Waals surface area contributed by atoms with E-state index in [1.54, 1.807) is 25.7 Å². The van der Waals surface area contributed by atoms with E-state index in [2.05, 4.69) is 5.32 Å². The first-order chi connectivity index (χ1) is 18.9. The number of nitrogens with zero attached hydrogens (tertiary/aromatic N) is 1. The fourth-order valence-electron chi connectivity index (χ4n) is 4.59. The third kappa shape index (κ3) is 8.75. The molecule has 41 heavy (non-hydrogen) atoms. The van der Waals surface area contributed by atoms with Gasteiger partial charge in [-0.3, -0.25) is 4.79 Å². The number of carbonyl (C=O) groups excluding carboxylic acids is 2. The molecule has 2 aromatic rings. The van der Waals surface area contributed by atoms with Crippen molar-refractivity contribution in [2.45, 2.75) is 70.2 Å². The molecule has 0 atom stereocenters. The molecule has 1 aliphatic heterocycles. The molecule has 226 valence electrons. The molecule has 1 saturated heterocycles. The number of halogens is 5. The molecule has 0 unspecified atom stereocenters. The fraction of sp³-hybridized carbons (Fsp3) is 0.500. The van der Waals surface area contributed by atoms with Gasteiger partial charge in [-0.25, -0.2) is 13.2 Å². The van der Waals surface area contributed by atoms with Crippen molar-refractivity contribution in [2.75, 3.05) is 18.8 Å². The van der Waals surface area contributed by atoms with Crippen molar-refractivity contribution in [2.24, 2.45) is 5.92 Å². The lowest BCUT2D eigenvalue weighted by molar-refractivity contribution is -0.138. The highest BCUT2D eigenvalue weighted by molar-refractivity contribution is 7.91. The SMILES string of the molecule is CCS(=O)(=O)c1ccc(Cl)cc1CNC(=O)c1cc(Cl)c(CC2CCN(C(=O)OC(C)(C)C)CC2)c(C(F)(F)F)c1. The summed E-state index contributed by atoms with van der Waals surface area (Å²) in [5.41, 5.74) is -1.88. The maximum atomic E-state index is 14.1. The lowest BCUT2D eigenvalue weighted by Crippen LogP contribution is -2.42. The summed E-state index contributed by atoms with van der Waals surface area (Å²) in [7, 11) is -3.64. The van der Waals surface area contributed by atoms with Crippen molar-refractivity contribution < 1.29 is 35.9 Å². The topological polar surface area (TPSA) is 92.8 Å². The van der Waals surface area contributed by atoms with Crippen molar-refractivity contribution in [1.82, 2.24) is 10.2 Å². The summed E-state index contributed by atoms with van der Waals surface area (Å²) in [6.45, 7) is 7.16. The van der Waals surface area contributed by atoms with Gasteiger partial charge in [0.05, 0.1) is 16.2 Å². The van der Waals surface area contributed by atoms with Gasteiger partial charge in [-0.05, 0) is 87.4 Å². The summed E-state index contributed by atoms with van der Waals surface area (Å²) in [5, 5.41) is 2.53. The van der Waals surface area contributed by atoms with E-state index in [-0.39, 0.29) is 56.3 Å². The average Bonchev–Trinajstić information content (AvgIpc) is 2.86. The fourth-order valence-corrected chi connectivity index (χ4v) is 6.19. The van der Waals surface area contributed by atoms with Crippen molar-refractivity contribution in [3.8, 4) is 0 Å². The number of likely N-dealkylation sites (tertiary alicyclic amines) is 1. The molecule has 0 spiro atoms. The molecule has 1 fully saturated rings. The first-order valence-electron chi connectivity index (χ1n) is 13.1. The largest absolute Gasteiger partial charge is 0.444 e. The Labute approximate surface area is 248 Å². The van der Waals surface area contributed by atoms with Crippen LogP contribution in [0.1, 0.15) is 67.6 Å². The zero-order chi connectivity index (χ0) is 30.8. The van der Waals surface area contributed by atoms with Crippen LogP contribution in [0.15, 0.2) is 35.2 Å². The summed E-state index contributed by atoms with van der Waals surface area (Å²) >= 11 is 12.3. The third-order valence-electron chi connectivity index (χ3n) is 6.70. The molecule has 7 nitrogen and oxygen atoms in total. The van der Waals surface area contributed by atoms with Crippen LogP contribution in [0.25, 0.3) is 0 Å². The first kappa shape index (κ1) is 33.0. The van der Waals surface area contributed by atoms with Crippen LogP contribution in [-0.2, 0) is 33.7 Å². The molecule has 1 aliphatic rings. The van der Waals surface area contributed by atoms with Crippen LogP contribution >= 0.6 is 23.2 Å². The number of alkyl halides is 3. The molecular formula is C28H33Cl2F3N2O5S. The summed E-state index contributed by atoms with van der Waals surface area (Å²) in [4.78, 5) is 26.7. The van der Waals surface area contributed by atoms with Crippen molar-refractivity contribution >= 4 is 45.0 Å². The summed E-state index contributed by atoms with van der Waals surface area (Å²) in [6, 6.07) is 6.06. The number of carbonyl (C=O) groups is 2. The van der Waals surface area contributed by atoms with E-state index in [0.29, 0.717) is 25.9 Å². The molecule has 2 aromatic carbocycles. The quantitative estimate of drug-likeness (QED) is 0.356. The van der Waals surface area contributed by atoms with E-state index < -0.39 is 39.2 Å². The number of ether oxygens (including phenoxy) is 1. The highest BCUT2D eigenvalue weighted by Gasteiger charge is 2.37. The lowest BCUT2D eigenvalue weighted by Gasteiger charge is -2.34. The number of hydrogen-bond acceptors (Lipinski definition) is 5. The second-order valence-corrected chi connectivity index (χ2v) is 14.0. The van der Waals surface area contributed by atoms with Crippen LogP contribution in [0.5, 0.6) is 0 Å². The van der Waals surface area contributed by atoms with Crippen molar-refractivity contribution in [3.63, 3.8) is 0 Å². The van der Waals surface area contributed by atoms with Gasteiger partial charge in [0.15, 0.2) is 9.84 Å². The van der Waals surface area contributed by atoms with Crippen molar-refractivity contribution in [3.05, 3.63) is 62.6 Å². The Morgan fingerprint density at radius 2 is 1.71 bits per heavy atom. The van der Waals surface area contributed by atoms with E-state index >= 15 is 0 Å². The predicted octanol–water partition coefficient (Wildman–Crippen LogP) is 6.93. The molecule has 0 radical (unpaired) electrons. The Kier molecular flexibility index (Phi) is 10.3. The van der Waals surface area contributed by atoms with Gasteiger partial charge in [0, 0.05) is 35.2 Å². The number of benzene rings is 2. The highest BCUT2D eigenvalue weighted by atomic mass is 35.5. The third-order valence-corrected chi connectivity index (χ3v) is 9.10. The molecule has 0 aromatic heterocycles. The Morgan fingerprint density at radius 1 is 1.07 bits per heavy atom. The number of nitrogens with one attached hydrogen (secondary N) is 1. The predicted molar refractivity (Wildman–Crippen MR) is 151 cm³/mol. The van der Waals surface area contributed by atoms with Crippen LogP contribution in [0.3, 0.4) is 0 Å². The molecule has 2 amide bonds. The molecule has 0 bridgehead atoms. The molecule has 1 N–H and O–H groups in total. The molecule has 13 heteroatoms. The molecule has 1 heterocycles. The Balaban J connectivity index is 1.78. The summed E-state index contributed by atoms with van der Waals surface area (Å²) < 4.78 is 72.6. The van der Waals surface area contributed by atoms with Crippen LogP contribution < -0.4 is 5.32 Å². The number of piperidine rings is 1. The molecular weight excluding hydrogens is 604 g/mol. The highest BCUT2D eigenvalue weighted by Crippen LogP contribution is 2.38. The first-order valence-corrected chi connectivity index (χ1v) is 15.5. The van der Waals surface area contributed by atoms with E-state index in [1.807, 2.05) is 0 Å².